The third-order valence-corrected chi connectivity index (χ3v) is 2.78. The Morgan fingerprint density at radius 1 is 1.28 bits per heavy atom. The molecule has 1 aromatic rings. The predicted molar refractivity (Wildman–Crippen MR) is 76.0 cm³/mol. The van der Waals surface area contributed by atoms with Gasteiger partial charge in [0.15, 0.2) is 0 Å². The Morgan fingerprint density at radius 2 is 1.89 bits per heavy atom. The normalized spacial score (nSPS) is 10.7. The third kappa shape index (κ3) is 4.78. The van der Waals surface area contributed by atoms with E-state index in [9.17, 15) is 4.79 Å². The topological polar surface area (TPSA) is 46.3 Å². The van der Waals surface area contributed by atoms with Crippen molar-refractivity contribution in [1.29, 1.82) is 0 Å². The molecule has 100 valence electrons. The van der Waals surface area contributed by atoms with Crippen LogP contribution in [0.15, 0.2) is 24.3 Å². The van der Waals surface area contributed by atoms with Crippen molar-refractivity contribution in [3.8, 4) is 0 Å². The highest BCUT2D eigenvalue weighted by Crippen LogP contribution is 2.12. The lowest BCUT2D eigenvalue weighted by atomic mass is 10.1. The van der Waals surface area contributed by atoms with Crippen LogP contribution >= 0.6 is 0 Å². The summed E-state index contributed by atoms with van der Waals surface area (Å²) in [6.45, 7) is 7.74. The highest BCUT2D eigenvalue weighted by atomic mass is 16.2. The minimum Gasteiger partial charge on any atom is -0.399 e. The number of nitrogens with zero attached hydrogens (tertiary/aromatic N) is 1. The number of carbonyl (C=O) groups excluding carboxylic acids is 1. The fourth-order valence-electron chi connectivity index (χ4n) is 1.88. The molecule has 0 bridgehead atoms. The summed E-state index contributed by atoms with van der Waals surface area (Å²) in [5.41, 5.74) is 7.55. The molecule has 1 rings (SSSR count). The van der Waals surface area contributed by atoms with Gasteiger partial charge in [-0.15, -0.1) is 0 Å². The number of nitrogen functional groups attached to an aromatic ring is 1. The molecular formula is C15H24N2O. The Balaban J connectivity index is 2.67. The van der Waals surface area contributed by atoms with Crippen molar-refractivity contribution < 1.29 is 4.79 Å². The molecule has 0 radical (unpaired) electrons. The van der Waals surface area contributed by atoms with Crippen LogP contribution in [0.5, 0.6) is 0 Å². The molecule has 0 saturated heterocycles. The zero-order valence-electron chi connectivity index (χ0n) is 11.6. The SMILES string of the molecule is CCCN(Cc1ccc(N)cc1)C(=O)CC(C)C. The Labute approximate surface area is 110 Å². The number of amides is 1. The fraction of sp³-hybridized carbons (Fsp3) is 0.533. The lowest BCUT2D eigenvalue weighted by Crippen LogP contribution is -2.32. The number of benzene rings is 1. The number of hydrogen-bond acceptors (Lipinski definition) is 2. The molecule has 1 amide bonds. The van der Waals surface area contributed by atoms with Gasteiger partial charge in [0.2, 0.25) is 5.91 Å². The van der Waals surface area contributed by atoms with E-state index in [1.807, 2.05) is 29.2 Å². The summed E-state index contributed by atoms with van der Waals surface area (Å²) in [6.07, 6.45) is 1.60. The minimum absolute atomic E-state index is 0.240. The summed E-state index contributed by atoms with van der Waals surface area (Å²) in [5.74, 6) is 0.645. The van der Waals surface area contributed by atoms with Gasteiger partial charge in [-0.2, -0.15) is 0 Å². The van der Waals surface area contributed by atoms with E-state index >= 15 is 0 Å². The summed E-state index contributed by atoms with van der Waals surface area (Å²) < 4.78 is 0. The summed E-state index contributed by atoms with van der Waals surface area (Å²) in [7, 11) is 0. The Morgan fingerprint density at radius 3 is 2.39 bits per heavy atom. The average Bonchev–Trinajstić information content (AvgIpc) is 2.30. The maximum atomic E-state index is 12.1. The lowest BCUT2D eigenvalue weighted by molar-refractivity contribution is -0.132. The van der Waals surface area contributed by atoms with Crippen LogP contribution in [-0.2, 0) is 11.3 Å². The van der Waals surface area contributed by atoms with Gasteiger partial charge in [0.1, 0.15) is 0 Å². The molecule has 0 aliphatic heterocycles. The Kier molecular flexibility index (Phi) is 5.69. The molecule has 1 aromatic carbocycles. The Hall–Kier alpha value is -1.51. The first-order valence-corrected chi connectivity index (χ1v) is 6.65. The molecule has 0 unspecified atom stereocenters. The van der Waals surface area contributed by atoms with E-state index in [4.69, 9.17) is 5.73 Å². The highest BCUT2D eigenvalue weighted by molar-refractivity contribution is 5.76. The van der Waals surface area contributed by atoms with Crippen LogP contribution in [0.3, 0.4) is 0 Å². The van der Waals surface area contributed by atoms with Crippen molar-refractivity contribution in [3.63, 3.8) is 0 Å². The summed E-state index contributed by atoms with van der Waals surface area (Å²) >= 11 is 0. The smallest absolute Gasteiger partial charge is 0.223 e. The lowest BCUT2D eigenvalue weighted by Gasteiger charge is -2.23. The maximum Gasteiger partial charge on any atom is 0.223 e. The molecule has 0 saturated carbocycles. The van der Waals surface area contributed by atoms with Gasteiger partial charge in [0, 0.05) is 25.2 Å². The standard InChI is InChI=1S/C15H24N2O/c1-4-9-17(15(18)10-12(2)3)11-13-5-7-14(16)8-6-13/h5-8,12H,4,9-11,16H2,1-3H3. The van der Waals surface area contributed by atoms with Crippen LogP contribution in [-0.4, -0.2) is 17.4 Å². The van der Waals surface area contributed by atoms with Crippen LogP contribution in [0.25, 0.3) is 0 Å². The highest BCUT2D eigenvalue weighted by Gasteiger charge is 2.14. The quantitative estimate of drug-likeness (QED) is 0.786. The van der Waals surface area contributed by atoms with Crippen molar-refractivity contribution in [2.45, 2.75) is 40.2 Å². The number of nitrogens with two attached hydrogens (primary N) is 1. The molecule has 0 spiro atoms. The van der Waals surface area contributed by atoms with Crippen molar-refractivity contribution in [2.75, 3.05) is 12.3 Å². The van der Waals surface area contributed by atoms with Crippen molar-refractivity contribution in [1.82, 2.24) is 4.90 Å². The second-order valence-electron chi connectivity index (χ2n) is 5.15. The summed E-state index contributed by atoms with van der Waals surface area (Å²) in [5, 5.41) is 0. The average molecular weight is 248 g/mol. The summed E-state index contributed by atoms with van der Waals surface area (Å²) in [4.78, 5) is 14.1. The second kappa shape index (κ2) is 7.04. The van der Waals surface area contributed by atoms with Gasteiger partial charge in [-0.1, -0.05) is 32.9 Å². The maximum absolute atomic E-state index is 12.1. The first kappa shape index (κ1) is 14.6. The van der Waals surface area contributed by atoms with Gasteiger partial charge >= 0.3 is 0 Å². The number of anilines is 1. The van der Waals surface area contributed by atoms with Crippen LogP contribution in [0.1, 0.15) is 39.2 Å². The van der Waals surface area contributed by atoms with Crippen LogP contribution in [0.2, 0.25) is 0 Å². The molecular weight excluding hydrogens is 224 g/mol. The van der Waals surface area contributed by atoms with Crippen LogP contribution < -0.4 is 5.73 Å². The number of hydrogen-bond donors (Lipinski definition) is 1. The molecule has 0 atom stereocenters. The molecule has 0 heterocycles. The van der Waals surface area contributed by atoms with E-state index in [0.717, 1.165) is 24.2 Å². The van der Waals surface area contributed by atoms with E-state index in [2.05, 4.69) is 20.8 Å². The van der Waals surface area contributed by atoms with Crippen molar-refractivity contribution in [3.05, 3.63) is 29.8 Å². The molecule has 0 aliphatic rings. The molecule has 0 fully saturated rings. The van der Waals surface area contributed by atoms with Crippen molar-refractivity contribution in [2.24, 2.45) is 5.92 Å². The van der Waals surface area contributed by atoms with Gasteiger partial charge in [-0.3, -0.25) is 4.79 Å². The van der Waals surface area contributed by atoms with E-state index in [1.54, 1.807) is 0 Å². The predicted octanol–water partition coefficient (Wildman–Crippen LogP) is 3.05. The molecule has 2 N–H and O–H groups in total. The van der Waals surface area contributed by atoms with Gasteiger partial charge in [-0.05, 0) is 30.0 Å². The van der Waals surface area contributed by atoms with E-state index in [-0.39, 0.29) is 5.91 Å². The second-order valence-corrected chi connectivity index (χ2v) is 5.15. The molecule has 0 aliphatic carbocycles. The monoisotopic (exact) mass is 248 g/mol. The van der Waals surface area contributed by atoms with Crippen LogP contribution in [0, 0.1) is 5.92 Å². The van der Waals surface area contributed by atoms with Gasteiger partial charge in [-0.25, -0.2) is 0 Å². The fourth-order valence-corrected chi connectivity index (χ4v) is 1.88. The third-order valence-electron chi connectivity index (χ3n) is 2.78. The van der Waals surface area contributed by atoms with E-state index in [1.165, 1.54) is 0 Å². The number of rotatable bonds is 6. The van der Waals surface area contributed by atoms with Crippen molar-refractivity contribution >= 4 is 11.6 Å². The van der Waals surface area contributed by atoms with E-state index < -0.39 is 0 Å². The van der Waals surface area contributed by atoms with E-state index in [0.29, 0.717) is 18.9 Å². The first-order chi connectivity index (χ1) is 8.52. The zero-order chi connectivity index (χ0) is 13.5. The van der Waals surface area contributed by atoms with Gasteiger partial charge < -0.3 is 10.6 Å². The minimum atomic E-state index is 0.240. The largest absolute Gasteiger partial charge is 0.399 e. The molecule has 18 heavy (non-hydrogen) atoms. The first-order valence-electron chi connectivity index (χ1n) is 6.65. The number of carbonyl (C=O) groups is 1. The zero-order valence-corrected chi connectivity index (χ0v) is 11.6. The Bertz CT molecular complexity index is 371. The molecule has 0 aromatic heterocycles. The van der Waals surface area contributed by atoms with Gasteiger partial charge in [0.25, 0.3) is 0 Å². The molecule has 3 nitrogen and oxygen atoms in total. The molecule has 3 heteroatoms. The van der Waals surface area contributed by atoms with Crippen LogP contribution in [0.4, 0.5) is 5.69 Å². The van der Waals surface area contributed by atoms with Gasteiger partial charge in [0.05, 0.1) is 0 Å². The summed E-state index contributed by atoms with van der Waals surface area (Å²) in [6, 6.07) is 7.74.